The summed E-state index contributed by atoms with van der Waals surface area (Å²) in [7, 11) is 0. The van der Waals surface area contributed by atoms with E-state index in [1.54, 1.807) is 16.9 Å². The third kappa shape index (κ3) is 2.67. The van der Waals surface area contributed by atoms with E-state index in [2.05, 4.69) is 20.4 Å². The topological polar surface area (TPSA) is 80.6 Å². The van der Waals surface area contributed by atoms with Crippen LogP contribution in [-0.4, -0.2) is 27.1 Å². The Hall–Kier alpha value is -2.11. The number of hydrogen-bond donors (Lipinski definition) is 2. The van der Waals surface area contributed by atoms with Crippen LogP contribution in [0.3, 0.4) is 0 Å². The average molecular weight is 258 g/mol. The Morgan fingerprint density at radius 2 is 2.32 bits per heavy atom. The van der Waals surface area contributed by atoms with Crippen LogP contribution < -0.4 is 11.1 Å². The normalized spacial score (nSPS) is 16.5. The second-order valence-corrected chi connectivity index (χ2v) is 4.92. The Labute approximate surface area is 111 Å². The number of hydrogen-bond acceptors (Lipinski definition) is 3. The van der Waals surface area contributed by atoms with E-state index in [9.17, 15) is 0 Å². The Kier molecular flexibility index (Phi) is 3.31. The maximum absolute atomic E-state index is 5.86. The SMILES string of the molecule is NC(=NCc1ccnc2ccnn12)NCC1CCC1. The molecule has 2 aromatic heterocycles. The van der Waals surface area contributed by atoms with Crippen LogP contribution in [0.25, 0.3) is 5.65 Å². The van der Waals surface area contributed by atoms with Gasteiger partial charge < -0.3 is 11.1 Å². The molecule has 1 aliphatic rings. The van der Waals surface area contributed by atoms with Crippen molar-refractivity contribution in [2.24, 2.45) is 16.6 Å². The fraction of sp³-hybridized carbons (Fsp3) is 0.462. The number of guanidine groups is 1. The molecule has 1 saturated carbocycles. The van der Waals surface area contributed by atoms with Crippen LogP contribution in [0, 0.1) is 5.92 Å². The molecule has 100 valence electrons. The third-order valence-corrected chi connectivity index (χ3v) is 3.58. The first kappa shape index (κ1) is 12.0. The first-order chi connectivity index (χ1) is 9.33. The molecule has 0 aromatic carbocycles. The summed E-state index contributed by atoms with van der Waals surface area (Å²) in [4.78, 5) is 8.56. The predicted octanol–water partition coefficient (Wildman–Crippen LogP) is 0.934. The molecule has 19 heavy (non-hydrogen) atoms. The van der Waals surface area contributed by atoms with Gasteiger partial charge in [0.1, 0.15) is 0 Å². The highest BCUT2D eigenvalue weighted by atomic mass is 15.3. The van der Waals surface area contributed by atoms with E-state index in [4.69, 9.17) is 5.73 Å². The zero-order valence-corrected chi connectivity index (χ0v) is 10.8. The molecule has 6 nitrogen and oxygen atoms in total. The van der Waals surface area contributed by atoms with Gasteiger partial charge in [-0.15, -0.1) is 0 Å². The molecular formula is C13H18N6. The molecule has 0 radical (unpaired) electrons. The number of rotatable bonds is 4. The van der Waals surface area contributed by atoms with E-state index < -0.39 is 0 Å². The molecule has 6 heteroatoms. The molecule has 2 heterocycles. The quantitative estimate of drug-likeness (QED) is 0.631. The van der Waals surface area contributed by atoms with Crippen molar-refractivity contribution in [1.82, 2.24) is 19.9 Å². The molecule has 0 amide bonds. The van der Waals surface area contributed by atoms with Gasteiger partial charge in [-0.3, -0.25) is 0 Å². The molecule has 0 atom stereocenters. The minimum atomic E-state index is 0.504. The monoisotopic (exact) mass is 258 g/mol. The Balaban J connectivity index is 1.62. The van der Waals surface area contributed by atoms with E-state index in [0.29, 0.717) is 12.5 Å². The van der Waals surface area contributed by atoms with Gasteiger partial charge in [0.15, 0.2) is 11.6 Å². The summed E-state index contributed by atoms with van der Waals surface area (Å²) in [5.41, 5.74) is 7.66. The number of fused-ring (bicyclic) bond motifs is 1. The van der Waals surface area contributed by atoms with Gasteiger partial charge in [-0.2, -0.15) is 5.10 Å². The highest BCUT2D eigenvalue weighted by Crippen LogP contribution is 2.24. The Bertz CT molecular complexity index is 584. The standard InChI is InChI=1S/C13H18N6/c14-13(16-8-10-2-1-3-10)17-9-11-4-6-15-12-5-7-18-19(11)12/h4-7,10H,1-3,8-9H2,(H3,14,16,17). The average Bonchev–Trinajstić information content (AvgIpc) is 2.83. The number of aliphatic imine (C=N–C) groups is 1. The molecule has 0 spiro atoms. The minimum Gasteiger partial charge on any atom is -0.370 e. The molecule has 3 N–H and O–H groups in total. The molecule has 1 fully saturated rings. The summed E-state index contributed by atoms with van der Waals surface area (Å²) < 4.78 is 1.78. The summed E-state index contributed by atoms with van der Waals surface area (Å²) in [6, 6.07) is 3.77. The van der Waals surface area contributed by atoms with Crippen molar-refractivity contribution in [2.45, 2.75) is 25.8 Å². The predicted molar refractivity (Wildman–Crippen MR) is 73.7 cm³/mol. The number of nitrogens with zero attached hydrogens (tertiary/aromatic N) is 4. The molecular weight excluding hydrogens is 240 g/mol. The van der Waals surface area contributed by atoms with Crippen LogP contribution in [0.15, 0.2) is 29.5 Å². The molecule has 2 aromatic rings. The van der Waals surface area contributed by atoms with Crippen molar-refractivity contribution >= 4 is 11.6 Å². The van der Waals surface area contributed by atoms with E-state index >= 15 is 0 Å². The maximum atomic E-state index is 5.86. The van der Waals surface area contributed by atoms with Crippen LogP contribution in [0.5, 0.6) is 0 Å². The van der Waals surface area contributed by atoms with Crippen LogP contribution >= 0.6 is 0 Å². The summed E-state index contributed by atoms with van der Waals surface area (Å²) in [6.45, 7) is 1.44. The van der Waals surface area contributed by atoms with Crippen molar-refractivity contribution in [3.63, 3.8) is 0 Å². The van der Waals surface area contributed by atoms with Gasteiger partial charge in [0.2, 0.25) is 0 Å². The Morgan fingerprint density at radius 3 is 3.11 bits per heavy atom. The first-order valence-corrected chi connectivity index (χ1v) is 6.64. The first-order valence-electron chi connectivity index (χ1n) is 6.64. The van der Waals surface area contributed by atoms with E-state index in [1.807, 2.05) is 12.1 Å². The Morgan fingerprint density at radius 1 is 1.42 bits per heavy atom. The van der Waals surface area contributed by atoms with Crippen LogP contribution in [0.4, 0.5) is 0 Å². The molecule has 0 bridgehead atoms. The molecule has 0 unspecified atom stereocenters. The highest BCUT2D eigenvalue weighted by molar-refractivity contribution is 5.77. The second-order valence-electron chi connectivity index (χ2n) is 4.92. The lowest BCUT2D eigenvalue weighted by Crippen LogP contribution is -2.37. The lowest BCUT2D eigenvalue weighted by atomic mass is 9.85. The zero-order valence-electron chi connectivity index (χ0n) is 10.8. The fourth-order valence-corrected chi connectivity index (χ4v) is 2.17. The van der Waals surface area contributed by atoms with Crippen molar-refractivity contribution < 1.29 is 0 Å². The van der Waals surface area contributed by atoms with Crippen molar-refractivity contribution in [3.8, 4) is 0 Å². The summed E-state index contributed by atoms with van der Waals surface area (Å²) in [5.74, 6) is 1.27. The maximum Gasteiger partial charge on any atom is 0.188 e. The van der Waals surface area contributed by atoms with E-state index in [1.165, 1.54) is 19.3 Å². The van der Waals surface area contributed by atoms with Gasteiger partial charge in [0, 0.05) is 18.8 Å². The third-order valence-electron chi connectivity index (χ3n) is 3.58. The highest BCUT2D eigenvalue weighted by Gasteiger charge is 2.16. The summed E-state index contributed by atoms with van der Waals surface area (Å²) >= 11 is 0. The fourth-order valence-electron chi connectivity index (χ4n) is 2.17. The van der Waals surface area contributed by atoms with Crippen molar-refractivity contribution in [1.29, 1.82) is 0 Å². The minimum absolute atomic E-state index is 0.504. The molecule has 0 saturated heterocycles. The number of aromatic nitrogens is 3. The van der Waals surface area contributed by atoms with E-state index in [-0.39, 0.29) is 0 Å². The molecule has 1 aliphatic carbocycles. The zero-order chi connectivity index (χ0) is 13.1. The largest absolute Gasteiger partial charge is 0.370 e. The number of nitrogens with two attached hydrogens (primary N) is 1. The summed E-state index contributed by atoms with van der Waals surface area (Å²) in [5, 5.41) is 7.40. The summed E-state index contributed by atoms with van der Waals surface area (Å²) in [6.07, 6.45) is 7.45. The van der Waals surface area contributed by atoms with Gasteiger partial charge >= 0.3 is 0 Å². The van der Waals surface area contributed by atoms with E-state index in [0.717, 1.165) is 23.8 Å². The molecule has 3 rings (SSSR count). The van der Waals surface area contributed by atoms with Crippen LogP contribution in [0.1, 0.15) is 25.0 Å². The van der Waals surface area contributed by atoms with Gasteiger partial charge in [-0.1, -0.05) is 6.42 Å². The van der Waals surface area contributed by atoms with Gasteiger partial charge in [0.25, 0.3) is 0 Å². The van der Waals surface area contributed by atoms with Crippen LogP contribution in [0.2, 0.25) is 0 Å². The van der Waals surface area contributed by atoms with Crippen LogP contribution in [-0.2, 0) is 6.54 Å². The number of nitrogens with one attached hydrogen (secondary N) is 1. The van der Waals surface area contributed by atoms with Crippen molar-refractivity contribution in [3.05, 3.63) is 30.2 Å². The lowest BCUT2D eigenvalue weighted by Gasteiger charge is -2.25. The van der Waals surface area contributed by atoms with Gasteiger partial charge in [-0.25, -0.2) is 14.5 Å². The van der Waals surface area contributed by atoms with Gasteiger partial charge in [-0.05, 0) is 24.8 Å². The second kappa shape index (κ2) is 5.26. The lowest BCUT2D eigenvalue weighted by molar-refractivity contribution is 0.315. The molecule has 0 aliphatic heterocycles. The van der Waals surface area contributed by atoms with Crippen molar-refractivity contribution in [2.75, 3.05) is 6.54 Å². The smallest absolute Gasteiger partial charge is 0.188 e. The van der Waals surface area contributed by atoms with Gasteiger partial charge in [0.05, 0.1) is 18.4 Å².